The van der Waals surface area contributed by atoms with Gasteiger partial charge in [0.1, 0.15) is 0 Å². The highest BCUT2D eigenvalue weighted by Crippen LogP contribution is 2.22. The molecular weight excluding hydrogens is 304 g/mol. The molecule has 6 heteroatoms. The fourth-order valence-corrected chi connectivity index (χ4v) is 3.51. The summed E-state index contributed by atoms with van der Waals surface area (Å²) in [6.45, 7) is 4.09. The smallest absolute Gasteiger partial charge is 0.238 e. The molecular formula is C18H26N4O2. The van der Waals surface area contributed by atoms with E-state index in [1.54, 1.807) is 0 Å². The lowest BCUT2D eigenvalue weighted by molar-refractivity contribution is -0.123. The van der Waals surface area contributed by atoms with Gasteiger partial charge in [0.05, 0.1) is 6.54 Å². The number of nitrogens with one attached hydrogen (secondary N) is 1. The lowest BCUT2D eigenvalue weighted by Gasteiger charge is -2.29. The van der Waals surface area contributed by atoms with Gasteiger partial charge in [-0.15, -0.1) is 0 Å². The molecule has 3 N–H and O–H groups in total. The normalized spacial score (nSPS) is 19.4. The van der Waals surface area contributed by atoms with E-state index in [1.165, 1.54) is 18.5 Å². The molecule has 0 atom stereocenters. The summed E-state index contributed by atoms with van der Waals surface area (Å²) in [4.78, 5) is 27.8. The van der Waals surface area contributed by atoms with Crippen molar-refractivity contribution in [1.29, 1.82) is 0 Å². The van der Waals surface area contributed by atoms with E-state index in [1.807, 2.05) is 12.1 Å². The minimum Gasteiger partial charge on any atom is -0.372 e. The summed E-state index contributed by atoms with van der Waals surface area (Å²) in [5.41, 5.74) is 7.38. The number of primary amides is 1. The summed E-state index contributed by atoms with van der Waals surface area (Å²) in [5.74, 6) is -0.277. The Morgan fingerprint density at radius 2 is 1.67 bits per heavy atom. The molecule has 6 nitrogen and oxygen atoms in total. The molecule has 0 aliphatic carbocycles. The Bertz CT molecular complexity index is 573. The molecule has 2 amide bonds. The second-order valence-corrected chi connectivity index (χ2v) is 6.74. The molecule has 24 heavy (non-hydrogen) atoms. The first kappa shape index (κ1) is 16.8. The number of benzene rings is 1. The third-order valence-electron chi connectivity index (χ3n) is 4.98. The van der Waals surface area contributed by atoms with Crippen LogP contribution in [0.25, 0.3) is 0 Å². The highest BCUT2D eigenvalue weighted by atomic mass is 16.2. The third-order valence-corrected chi connectivity index (χ3v) is 4.98. The molecule has 0 spiro atoms. The van der Waals surface area contributed by atoms with Gasteiger partial charge >= 0.3 is 0 Å². The number of anilines is 2. The maximum atomic E-state index is 12.2. The molecule has 0 aromatic heterocycles. The van der Waals surface area contributed by atoms with Gasteiger partial charge in [-0.25, -0.2) is 0 Å². The monoisotopic (exact) mass is 330 g/mol. The maximum Gasteiger partial charge on any atom is 0.238 e. The van der Waals surface area contributed by atoms with E-state index >= 15 is 0 Å². The van der Waals surface area contributed by atoms with Crippen molar-refractivity contribution < 1.29 is 9.59 Å². The Hall–Kier alpha value is -2.08. The first-order chi connectivity index (χ1) is 11.6. The average Bonchev–Trinajstić information content (AvgIpc) is 3.10. The lowest BCUT2D eigenvalue weighted by Crippen LogP contribution is -2.42. The van der Waals surface area contributed by atoms with Crippen molar-refractivity contribution in [3.63, 3.8) is 0 Å². The summed E-state index contributed by atoms with van der Waals surface area (Å²) in [5, 5.41) is 2.95. The van der Waals surface area contributed by atoms with E-state index in [0.29, 0.717) is 6.54 Å². The molecule has 1 aromatic carbocycles. The SMILES string of the molecule is NC(=O)C1CCN(CC(=O)Nc2ccc(N3CCCC3)cc2)CC1. The quantitative estimate of drug-likeness (QED) is 0.856. The van der Waals surface area contributed by atoms with Gasteiger partial charge in [0, 0.05) is 30.4 Å². The van der Waals surface area contributed by atoms with Gasteiger partial charge in [-0.05, 0) is 63.0 Å². The van der Waals surface area contributed by atoms with Gasteiger partial charge in [-0.3, -0.25) is 14.5 Å². The second kappa shape index (κ2) is 7.66. The van der Waals surface area contributed by atoms with Crippen molar-refractivity contribution in [2.75, 3.05) is 42.9 Å². The van der Waals surface area contributed by atoms with Crippen LogP contribution in [0.15, 0.2) is 24.3 Å². The van der Waals surface area contributed by atoms with Crippen molar-refractivity contribution >= 4 is 23.2 Å². The number of carbonyl (C=O) groups is 2. The van der Waals surface area contributed by atoms with E-state index in [4.69, 9.17) is 5.73 Å². The van der Waals surface area contributed by atoms with Crippen LogP contribution >= 0.6 is 0 Å². The van der Waals surface area contributed by atoms with Crippen molar-refractivity contribution in [3.05, 3.63) is 24.3 Å². The Morgan fingerprint density at radius 1 is 1.04 bits per heavy atom. The van der Waals surface area contributed by atoms with Crippen LogP contribution in [0.4, 0.5) is 11.4 Å². The van der Waals surface area contributed by atoms with E-state index in [0.717, 1.165) is 44.7 Å². The van der Waals surface area contributed by atoms with Gasteiger partial charge in [0.25, 0.3) is 0 Å². The molecule has 0 radical (unpaired) electrons. The molecule has 0 saturated carbocycles. The van der Waals surface area contributed by atoms with Crippen LogP contribution in [0, 0.1) is 5.92 Å². The zero-order valence-corrected chi connectivity index (χ0v) is 14.0. The van der Waals surface area contributed by atoms with E-state index in [2.05, 4.69) is 27.2 Å². The fraction of sp³-hybridized carbons (Fsp3) is 0.556. The molecule has 2 fully saturated rings. The van der Waals surface area contributed by atoms with Crippen LogP contribution in [0.1, 0.15) is 25.7 Å². The summed E-state index contributed by atoms with van der Waals surface area (Å²) in [7, 11) is 0. The number of nitrogens with zero attached hydrogens (tertiary/aromatic N) is 2. The molecule has 3 rings (SSSR count). The van der Waals surface area contributed by atoms with Crippen molar-refractivity contribution in [3.8, 4) is 0 Å². The van der Waals surface area contributed by atoms with Crippen LogP contribution in [0.3, 0.4) is 0 Å². The summed E-state index contributed by atoms with van der Waals surface area (Å²) < 4.78 is 0. The van der Waals surface area contributed by atoms with Gasteiger partial charge in [0.2, 0.25) is 11.8 Å². The van der Waals surface area contributed by atoms with Crippen molar-refractivity contribution in [2.24, 2.45) is 11.7 Å². The Morgan fingerprint density at radius 3 is 2.25 bits per heavy atom. The topological polar surface area (TPSA) is 78.7 Å². The molecule has 0 unspecified atom stereocenters. The maximum absolute atomic E-state index is 12.2. The molecule has 2 aliphatic rings. The first-order valence-corrected chi connectivity index (χ1v) is 8.78. The Labute approximate surface area is 143 Å². The Kier molecular flexibility index (Phi) is 5.35. The highest BCUT2D eigenvalue weighted by Gasteiger charge is 2.24. The van der Waals surface area contributed by atoms with Crippen LogP contribution in [-0.4, -0.2) is 49.4 Å². The van der Waals surface area contributed by atoms with E-state index in [9.17, 15) is 9.59 Å². The fourth-order valence-electron chi connectivity index (χ4n) is 3.51. The predicted octanol–water partition coefficient (Wildman–Crippen LogP) is 1.42. The van der Waals surface area contributed by atoms with Gasteiger partial charge in [0.15, 0.2) is 0 Å². The minimum atomic E-state index is -0.225. The first-order valence-electron chi connectivity index (χ1n) is 8.78. The Balaban J connectivity index is 1.46. The number of rotatable bonds is 5. The number of carbonyl (C=O) groups excluding carboxylic acids is 2. The van der Waals surface area contributed by atoms with E-state index in [-0.39, 0.29) is 17.7 Å². The third kappa shape index (κ3) is 4.26. The summed E-state index contributed by atoms with van der Waals surface area (Å²) >= 11 is 0. The van der Waals surface area contributed by atoms with Crippen molar-refractivity contribution in [1.82, 2.24) is 4.90 Å². The van der Waals surface area contributed by atoms with Crippen LogP contribution in [-0.2, 0) is 9.59 Å². The number of piperidine rings is 1. The largest absolute Gasteiger partial charge is 0.372 e. The number of hydrogen-bond donors (Lipinski definition) is 2. The lowest BCUT2D eigenvalue weighted by atomic mass is 9.96. The predicted molar refractivity (Wildman–Crippen MR) is 94.9 cm³/mol. The summed E-state index contributed by atoms with van der Waals surface area (Å²) in [6, 6.07) is 8.06. The highest BCUT2D eigenvalue weighted by molar-refractivity contribution is 5.92. The average molecular weight is 330 g/mol. The van der Waals surface area contributed by atoms with Gasteiger partial charge in [-0.1, -0.05) is 0 Å². The molecule has 130 valence electrons. The number of amides is 2. The number of nitrogens with two attached hydrogens (primary N) is 1. The molecule has 0 bridgehead atoms. The number of hydrogen-bond acceptors (Lipinski definition) is 4. The van der Waals surface area contributed by atoms with Crippen LogP contribution in [0.2, 0.25) is 0 Å². The van der Waals surface area contributed by atoms with Crippen molar-refractivity contribution in [2.45, 2.75) is 25.7 Å². The summed E-state index contributed by atoms with van der Waals surface area (Å²) in [6.07, 6.45) is 4.00. The minimum absolute atomic E-state index is 0.0125. The standard InChI is InChI=1S/C18H26N4O2/c19-18(24)14-7-11-21(12-8-14)13-17(23)20-15-3-5-16(6-4-15)22-9-1-2-10-22/h3-6,14H,1-2,7-13H2,(H2,19,24)(H,20,23). The molecule has 2 saturated heterocycles. The van der Waals surface area contributed by atoms with Gasteiger partial charge < -0.3 is 16.0 Å². The molecule has 2 heterocycles. The van der Waals surface area contributed by atoms with Crippen LogP contribution in [0.5, 0.6) is 0 Å². The zero-order valence-electron chi connectivity index (χ0n) is 14.0. The zero-order chi connectivity index (χ0) is 16.9. The van der Waals surface area contributed by atoms with Gasteiger partial charge in [-0.2, -0.15) is 0 Å². The second-order valence-electron chi connectivity index (χ2n) is 6.74. The molecule has 1 aromatic rings. The van der Waals surface area contributed by atoms with E-state index < -0.39 is 0 Å². The molecule has 2 aliphatic heterocycles. The van der Waals surface area contributed by atoms with Crippen LogP contribution < -0.4 is 16.0 Å². The number of likely N-dealkylation sites (tertiary alicyclic amines) is 1.